The van der Waals surface area contributed by atoms with E-state index in [-0.39, 0.29) is 11.6 Å². The smallest absolute Gasteiger partial charge is 0.0876 e. The summed E-state index contributed by atoms with van der Waals surface area (Å²) in [6, 6.07) is 4.56. The number of pyridine rings is 1. The van der Waals surface area contributed by atoms with Crippen LogP contribution in [0.4, 0.5) is 0 Å². The normalized spacial score (nSPS) is 20.0. The number of hydrogen-bond acceptors (Lipinski definition) is 3. The predicted molar refractivity (Wildman–Crippen MR) is 87.5 cm³/mol. The third-order valence-corrected chi connectivity index (χ3v) is 4.58. The van der Waals surface area contributed by atoms with Gasteiger partial charge in [0.05, 0.1) is 11.6 Å². The first kappa shape index (κ1) is 16.4. The van der Waals surface area contributed by atoms with Crippen molar-refractivity contribution in [3.63, 3.8) is 0 Å². The summed E-state index contributed by atoms with van der Waals surface area (Å²) in [6.45, 7) is 8.05. The van der Waals surface area contributed by atoms with Gasteiger partial charge in [0.2, 0.25) is 0 Å². The fraction of sp³-hybridized carbons (Fsp3) is 0.722. The molecular formula is C18H30N2O. The SMILES string of the molecule is CCNC(c1ccc(C)nc1)C1(OCC)CCCCCC1. The van der Waals surface area contributed by atoms with Crippen molar-refractivity contribution in [2.75, 3.05) is 13.2 Å². The van der Waals surface area contributed by atoms with Gasteiger partial charge < -0.3 is 10.1 Å². The molecule has 0 amide bonds. The molecule has 0 aliphatic heterocycles. The first-order chi connectivity index (χ1) is 10.2. The van der Waals surface area contributed by atoms with Gasteiger partial charge in [0.25, 0.3) is 0 Å². The summed E-state index contributed by atoms with van der Waals surface area (Å²) in [4.78, 5) is 4.50. The number of rotatable bonds is 6. The van der Waals surface area contributed by atoms with E-state index < -0.39 is 0 Å². The fourth-order valence-electron chi connectivity index (χ4n) is 3.59. The van der Waals surface area contributed by atoms with Gasteiger partial charge in [0, 0.05) is 18.5 Å². The van der Waals surface area contributed by atoms with Crippen LogP contribution < -0.4 is 5.32 Å². The van der Waals surface area contributed by atoms with Gasteiger partial charge in [-0.15, -0.1) is 0 Å². The van der Waals surface area contributed by atoms with Gasteiger partial charge in [-0.05, 0) is 44.9 Å². The molecule has 1 N–H and O–H groups in total. The van der Waals surface area contributed by atoms with Crippen molar-refractivity contribution in [1.82, 2.24) is 10.3 Å². The largest absolute Gasteiger partial charge is 0.373 e. The summed E-state index contributed by atoms with van der Waals surface area (Å²) in [5.41, 5.74) is 2.26. The number of hydrogen-bond donors (Lipinski definition) is 1. The van der Waals surface area contributed by atoms with Crippen LogP contribution in [0.5, 0.6) is 0 Å². The lowest BCUT2D eigenvalue weighted by atomic mass is 9.82. The topological polar surface area (TPSA) is 34.2 Å². The minimum Gasteiger partial charge on any atom is -0.373 e. The molecule has 3 heteroatoms. The van der Waals surface area contributed by atoms with Crippen LogP contribution in [0.25, 0.3) is 0 Å². The second kappa shape index (κ2) is 7.90. The molecule has 1 heterocycles. The van der Waals surface area contributed by atoms with Gasteiger partial charge in [0.15, 0.2) is 0 Å². The van der Waals surface area contributed by atoms with E-state index in [9.17, 15) is 0 Å². The van der Waals surface area contributed by atoms with E-state index in [4.69, 9.17) is 4.74 Å². The highest BCUT2D eigenvalue weighted by molar-refractivity contribution is 5.21. The van der Waals surface area contributed by atoms with Crippen molar-refractivity contribution in [2.45, 2.75) is 70.9 Å². The van der Waals surface area contributed by atoms with E-state index in [1.807, 2.05) is 13.1 Å². The Kier molecular flexibility index (Phi) is 6.19. The van der Waals surface area contributed by atoms with Gasteiger partial charge in [-0.25, -0.2) is 0 Å². The van der Waals surface area contributed by atoms with Gasteiger partial charge in [0.1, 0.15) is 0 Å². The maximum atomic E-state index is 6.36. The van der Waals surface area contributed by atoms with Gasteiger partial charge in [-0.1, -0.05) is 38.7 Å². The van der Waals surface area contributed by atoms with E-state index in [2.05, 4.69) is 36.3 Å². The summed E-state index contributed by atoms with van der Waals surface area (Å²) in [7, 11) is 0. The zero-order valence-corrected chi connectivity index (χ0v) is 13.8. The number of nitrogens with zero attached hydrogens (tertiary/aromatic N) is 1. The van der Waals surface area contributed by atoms with Crippen LogP contribution in [0.3, 0.4) is 0 Å². The van der Waals surface area contributed by atoms with E-state index >= 15 is 0 Å². The lowest BCUT2D eigenvalue weighted by Gasteiger charge is -2.41. The average molecular weight is 290 g/mol. The highest BCUT2D eigenvalue weighted by Crippen LogP contribution is 2.40. The first-order valence-corrected chi connectivity index (χ1v) is 8.51. The molecule has 2 rings (SSSR count). The third-order valence-electron chi connectivity index (χ3n) is 4.58. The zero-order valence-electron chi connectivity index (χ0n) is 13.8. The Bertz CT molecular complexity index is 408. The summed E-state index contributed by atoms with van der Waals surface area (Å²) >= 11 is 0. The predicted octanol–water partition coefficient (Wildman–Crippen LogP) is 4.17. The highest BCUT2D eigenvalue weighted by Gasteiger charge is 2.40. The number of likely N-dealkylation sites (N-methyl/N-ethyl adjacent to an activating group) is 1. The van der Waals surface area contributed by atoms with Crippen molar-refractivity contribution in [2.24, 2.45) is 0 Å². The minimum absolute atomic E-state index is 0.0712. The van der Waals surface area contributed by atoms with E-state index in [0.717, 1.165) is 31.7 Å². The van der Waals surface area contributed by atoms with Crippen molar-refractivity contribution >= 4 is 0 Å². The molecule has 1 saturated carbocycles. The monoisotopic (exact) mass is 290 g/mol. The van der Waals surface area contributed by atoms with Crippen LogP contribution >= 0.6 is 0 Å². The second-order valence-corrected chi connectivity index (χ2v) is 6.14. The maximum absolute atomic E-state index is 6.36. The van der Waals surface area contributed by atoms with Gasteiger partial charge >= 0.3 is 0 Å². The number of aromatic nitrogens is 1. The molecule has 1 aromatic rings. The molecular weight excluding hydrogens is 260 g/mol. The van der Waals surface area contributed by atoms with Crippen LogP contribution in [0.2, 0.25) is 0 Å². The van der Waals surface area contributed by atoms with Crippen molar-refractivity contribution in [3.05, 3.63) is 29.6 Å². The van der Waals surface area contributed by atoms with Gasteiger partial charge in [-0.3, -0.25) is 4.98 Å². The van der Waals surface area contributed by atoms with E-state index in [1.165, 1.54) is 31.2 Å². The van der Waals surface area contributed by atoms with Crippen LogP contribution in [0.15, 0.2) is 18.3 Å². The molecule has 3 nitrogen and oxygen atoms in total. The van der Waals surface area contributed by atoms with Crippen LogP contribution in [0.1, 0.15) is 69.7 Å². The quantitative estimate of drug-likeness (QED) is 0.798. The Balaban J connectivity index is 2.32. The molecule has 21 heavy (non-hydrogen) atoms. The Hall–Kier alpha value is -0.930. The molecule has 1 aliphatic rings. The molecule has 1 unspecified atom stereocenters. The van der Waals surface area contributed by atoms with Crippen LogP contribution in [-0.2, 0) is 4.74 Å². The molecule has 0 radical (unpaired) electrons. The van der Waals surface area contributed by atoms with Crippen molar-refractivity contribution in [3.8, 4) is 0 Å². The molecule has 1 fully saturated rings. The first-order valence-electron chi connectivity index (χ1n) is 8.51. The molecule has 1 aliphatic carbocycles. The number of nitrogens with one attached hydrogen (secondary N) is 1. The maximum Gasteiger partial charge on any atom is 0.0876 e. The lowest BCUT2D eigenvalue weighted by Crippen LogP contribution is -2.46. The summed E-state index contributed by atoms with van der Waals surface area (Å²) in [5, 5.41) is 3.68. The number of ether oxygens (including phenoxy) is 1. The molecule has 0 spiro atoms. The summed E-state index contributed by atoms with van der Waals surface area (Å²) in [5.74, 6) is 0. The van der Waals surface area contributed by atoms with Crippen LogP contribution in [0, 0.1) is 6.92 Å². The standard InChI is InChI=1S/C18H30N2O/c1-4-19-17(16-11-10-15(3)20-14-16)18(21-5-2)12-8-6-7-9-13-18/h10-11,14,17,19H,4-9,12-13H2,1-3H3. The Morgan fingerprint density at radius 2 is 1.90 bits per heavy atom. The zero-order chi connectivity index (χ0) is 15.1. The summed E-state index contributed by atoms with van der Waals surface area (Å²) < 4.78 is 6.36. The Labute approximate surface area is 129 Å². The highest BCUT2D eigenvalue weighted by atomic mass is 16.5. The molecule has 0 bridgehead atoms. The average Bonchev–Trinajstić information content (AvgIpc) is 2.73. The fourth-order valence-corrected chi connectivity index (χ4v) is 3.59. The third kappa shape index (κ3) is 4.04. The van der Waals surface area contributed by atoms with Crippen molar-refractivity contribution in [1.29, 1.82) is 0 Å². The second-order valence-electron chi connectivity index (χ2n) is 6.14. The lowest BCUT2D eigenvalue weighted by molar-refractivity contribution is -0.0779. The molecule has 0 saturated heterocycles. The number of aryl methyl sites for hydroxylation is 1. The minimum atomic E-state index is -0.0712. The van der Waals surface area contributed by atoms with Crippen LogP contribution in [-0.4, -0.2) is 23.7 Å². The molecule has 0 aromatic carbocycles. The van der Waals surface area contributed by atoms with Gasteiger partial charge in [-0.2, -0.15) is 0 Å². The Morgan fingerprint density at radius 1 is 1.19 bits per heavy atom. The Morgan fingerprint density at radius 3 is 2.43 bits per heavy atom. The van der Waals surface area contributed by atoms with Crippen molar-refractivity contribution < 1.29 is 4.74 Å². The molecule has 1 aromatic heterocycles. The van der Waals surface area contributed by atoms with E-state index in [0.29, 0.717) is 0 Å². The summed E-state index contributed by atoms with van der Waals surface area (Å²) in [6.07, 6.45) is 9.51. The molecule has 118 valence electrons. The van der Waals surface area contributed by atoms with E-state index in [1.54, 1.807) is 0 Å². The molecule has 1 atom stereocenters.